The molecular formula is C10H22N2. The molecule has 0 aliphatic rings. The second-order valence-electron chi connectivity index (χ2n) is 3.64. The van der Waals surface area contributed by atoms with Gasteiger partial charge in [0.15, 0.2) is 0 Å². The maximum atomic E-state index is 4.56. The van der Waals surface area contributed by atoms with Crippen LogP contribution >= 0.6 is 0 Å². The predicted octanol–water partition coefficient (Wildman–Crippen LogP) is 2.40. The highest BCUT2D eigenvalue weighted by Crippen LogP contribution is 2.01. The summed E-state index contributed by atoms with van der Waals surface area (Å²) in [7, 11) is 4.12. The molecule has 0 atom stereocenters. The fourth-order valence-corrected chi connectivity index (χ4v) is 1.19. The van der Waals surface area contributed by atoms with E-state index in [1.807, 2.05) is 0 Å². The average Bonchev–Trinajstić information content (AvgIpc) is 1.96. The summed E-state index contributed by atoms with van der Waals surface area (Å²) >= 11 is 0. The van der Waals surface area contributed by atoms with E-state index in [-0.39, 0.29) is 0 Å². The lowest BCUT2D eigenvalue weighted by atomic mass is 10.2. The zero-order valence-corrected chi connectivity index (χ0v) is 9.09. The second-order valence-corrected chi connectivity index (χ2v) is 3.64. The maximum absolute atomic E-state index is 4.56. The first-order chi connectivity index (χ1) is 5.59. The Labute approximate surface area is 76.7 Å². The first-order valence-corrected chi connectivity index (χ1v) is 4.81. The number of hydrogen-bond donors (Lipinski definition) is 0. The largest absolute Gasteiger partial charge is 0.366 e. The first-order valence-electron chi connectivity index (χ1n) is 4.81. The van der Waals surface area contributed by atoms with Gasteiger partial charge in [0, 0.05) is 26.6 Å². The Balaban J connectivity index is 4.00. The van der Waals surface area contributed by atoms with Crippen LogP contribution in [0.3, 0.4) is 0 Å². The monoisotopic (exact) mass is 170 g/mol. The predicted molar refractivity (Wildman–Crippen MR) is 55.7 cm³/mol. The molecule has 0 saturated heterocycles. The Hall–Kier alpha value is -0.530. The van der Waals surface area contributed by atoms with Gasteiger partial charge in [-0.25, -0.2) is 0 Å². The van der Waals surface area contributed by atoms with Crippen molar-refractivity contribution in [2.24, 2.45) is 10.9 Å². The van der Waals surface area contributed by atoms with Crippen LogP contribution in [-0.2, 0) is 0 Å². The molecule has 0 rings (SSSR count). The van der Waals surface area contributed by atoms with Crippen molar-refractivity contribution in [2.45, 2.75) is 33.6 Å². The number of unbranched alkanes of at least 4 members (excludes halogenated alkanes) is 1. The van der Waals surface area contributed by atoms with Crippen LogP contribution in [-0.4, -0.2) is 31.4 Å². The summed E-state index contributed by atoms with van der Waals surface area (Å²) in [6.45, 7) is 7.54. The minimum Gasteiger partial charge on any atom is -0.366 e. The molecule has 0 aromatic rings. The van der Waals surface area contributed by atoms with Gasteiger partial charge in [-0.2, -0.15) is 0 Å². The maximum Gasteiger partial charge on any atom is 0.101 e. The first kappa shape index (κ1) is 11.5. The number of nitrogens with zero attached hydrogens (tertiary/aromatic N) is 2. The van der Waals surface area contributed by atoms with Crippen LogP contribution in [0.15, 0.2) is 4.99 Å². The summed E-state index contributed by atoms with van der Waals surface area (Å²) in [5.41, 5.74) is 0. The molecular weight excluding hydrogens is 148 g/mol. The van der Waals surface area contributed by atoms with Crippen LogP contribution in [0.25, 0.3) is 0 Å². The molecule has 0 aromatic carbocycles. The molecule has 2 nitrogen and oxygen atoms in total. The van der Waals surface area contributed by atoms with Gasteiger partial charge in [-0.3, -0.25) is 4.99 Å². The van der Waals surface area contributed by atoms with E-state index in [4.69, 9.17) is 0 Å². The molecule has 0 saturated carbocycles. The van der Waals surface area contributed by atoms with Gasteiger partial charge in [0.2, 0.25) is 0 Å². The highest BCUT2D eigenvalue weighted by molar-refractivity contribution is 5.83. The Kier molecular flexibility index (Phi) is 5.77. The van der Waals surface area contributed by atoms with Crippen LogP contribution in [0, 0.1) is 5.92 Å². The molecule has 12 heavy (non-hydrogen) atoms. The molecule has 0 unspecified atom stereocenters. The molecule has 0 aliphatic heterocycles. The van der Waals surface area contributed by atoms with Gasteiger partial charge in [0.1, 0.15) is 5.84 Å². The fraction of sp³-hybridized carbons (Fsp3) is 0.900. The van der Waals surface area contributed by atoms with Crippen LogP contribution in [0.1, 0.15) is 33.6 Å². The van der Waals surface area contributed by atoms with E-state index in [0.717, 1.165) is 6.54 Å². The zero-order chi connectivity index (χ0) is 9.56. The molecule has 0 aliphatic carbocycles. The van der Waals surface area contributed by atoms with Crippen molar-refractivity contribution in [1.82, 2.24) is 4.90 Å². The van der Waals surface area contributed by atoms with E-state index in [2.05, 4.69) is 44.8 Å². The van der Waals surface area contributed by atoms with Gasteiger partial charge in [-0.15, -0.1) is 0 Å². The molecule has 0 heterocycles. The zero-order valence-electron chi connectivity index (χ0n) is 9.09. The minimum atomic E-state index is 0.539. The minimum absolute atomic E-state index is 0.539. The lowest BCUT2D eigenvalue weighted by Gasteiger charge is -2.18. The standard InChI is InChI=1S/C10H22N2/c1-6-7-8-11-10(9(2)3)12(4)5/h9H,6-8H2,1-5H3. The van der Waals surface area contributed by atoms with Crippen LogP contribution in [0.5, 0.6) is 0 Å². The summed E-state index contributed by atoms with van der Waals surface area (Å²) < 4.78 is 0. The van der Waals surface area contributed by atoms with Crippen molar-refractivity contribution >= 4 is 5.84 Å². The number of hydrogen-bond acceptors (Lipinski definition) is 1. The lowest BCUT2D eigenvalue weighted by Crippen LogP contribution is -2.27. The van der Waals surface area contributed by atoms with Crippen LogP contribution in [0.2, 0.25) is 0 Å². The van der Waals surface area contributed by atoms with Gasteiger partial charge in [0.25, 0.3) is 0 Å². The molecule has 0 fully saturated rings. The van der Waals surface area contributed by atoms with Crippen molar-refractivity contribution in [1.29, 1.82) is 0 Å². The van der Waals surface area contributed by atoms with Crippen molar-refractivity contribution in [2.75, 3.05) is 20.6 Å². The Bertz CT molecular complexity index is 127. The molecule has 0 aromatic heterocycles. The van der Waals surface area contributed by atoms with E-state index >= 15 is 0 Å². The van der Waals surface area contributed by atoms with Crippen molar-refractivity contribution < 1.29 is 0 Å². The van der Waals surface area contributed by atoms with E-state index in [9.17, 15) is 0 Å². The number of amidine groups is 1. The third-order valence-electron chi connectivity index (χ3n) is 1.76. The van der Waals surface area contributed by atoms with E-state index in [1.54, 1.807) is 0 Å². The topological polar surface area (TPSA) is 15.6 Å². The van der Waals surface area contributed by atoms with Crippen LogP contribution < -0.4 is 0 Å². The van der Waals surface area contributed by atoms with Crippen molar-refractivity contribution in [3.05, 3.63) is 0 Å². The molecule has 72 valence electrons. The average molecular weight is 170 g/mol. The number of aliphatic imine (C=N–C) groups is 1. The number of rotatable bonds is 4. The summed E-state index contributed by atoms with van der Waals surface area (Å²) in [5.74, 6) is 1.75. The Morgan fingerprint density at radius 3 is 2.25 bits per heavy atom. The molecule has 0 spiro atoms. The molecule has 2 heteroatoms. The third kappa shape index (κ3) is 4.37. The van der Waals surface area contributed by atoms with Gasteiger partial charge < -0.3 is 4.90 Å². The molecule has 0 N–H and O–H groups in total. The smallest absolute Gasteiger partial charge is 0.101 e. The summed E-state index contributed by atoms with van der Waals surface area (Å²) in [6, 6.07) is 0. The molecule has 0 amide bonds. The lowest BCUT2D eigenvalue weighted by molar-refractivity contribution is 0.568. The summed E-state index contributed by atoms with van der Waals surface area (Å²) in [4.78, 5) is 6.67. The highest BCUT2D eigenvalue weighted by Gasteiger charge is 2.05. The molecule has 0 bridgehead atoms. The third-order valence-corrected chi connectivity index (χ3v) is 1.76. The fourth-order valence-electron chi connectivity index (χ4n) is 1.19. The van der Waals surface area contributed by atoms with Gasteiger partial charge in [-0.1, -0.05) is 27.2 Å². The van der Waals surface area contributed by atoms with E-state index in [0.29, 0.717) is 5.92 Å². The van der Waals surface area contributed by atoms with E-state index < -0.39 is 0 Å². The summed E-state index contributed by atoms with van der Waals surface area (Å²) in [6.07, 6.45) is 2.42. The normalized spacial score (nSPS) is 12.3. The Morgan fingerprint density at radius 1 is 1.33 bits per heavy atom. The van der Waals surface area contributed by atoms with Crippen molar-refractivity contribution in [3.8, 4) is 0 Å². The Morgan fingerprint density at radius 2 is 1.92 bits per heavy atom. The van der Waals surface area contributed by atoms with Gasteiger partial charge >= 0.3 is 0 Å². The quantitative estimate of drug-likeness (QED) is 0.359. The van der Waals surface area contributed by atoms with Crippen molar-refractivity contribution in [3.63, 3.8) is 0 Å². The van der Waals surface area contributed by atoms with Gasteiger partial charge in [-0.05, 0) is 6.42 Å². The molecule has 0 radical (unpaired) electrons. The summed E-state index contributed by atoms with van der Waals surface area (Å²) in [5, 5.41) is 0. The van der Waals surface area contributed by atoms with Gasteiger partial charge in [0.05, 0.1) is 0 Å². The second kappa shape index (κ2) is 6.04. The SMILES string of the molecule is CCCCN=C(C(C)C)N(C)C. The highest BCUT2D eigenvalue weighted by atomic mass is 15.1. The van der Waals surface area contributed by atoms with Crippen LogP contribution in [0.4, 0.5) is 0 Å². The van der Waals surface area contributed by atoms with E-state index in [1.165, 1.54) is 18.7 Å².